The maximum absolute atomic E-state index is 11.4. The average Bonchev–Trinajstić information content (AvgIpc) is 2.66. The van der Waals surface area contributed by atoms with Gasteiger partial charge in [-0.15, -0.1) is 0 Å². The highest BCUT2D eigenvalue weighted by Gasteiger charge is 2.38. The third kappa shape index (κ3) is 16.3. The van der Waals surface area contributed by atoms with Gasteiger partial charge in [-0.1, -0.05) is 129 Å². The van der Waals surface area contributed by atoms with Crippen molar-refractivity contribution in [3.63, 3.8) is 0 Å². The van der Waals surface area contributed by atoms with E-state index in [1.165, 1.54) is 96.3 Å². The molecule has 0 spiro atoms. The average molecular weight is 435 g/mol. The van der Waals surface area contributed by atoms with E-state index in [4.69, 9.17) is 0 Å². The van der Waals surface area contributed by atoms with Gasteiger partial charge in [-0.2, -0.15) is 8.42 Å². The molecule has 0 aromatic heterocycles. The van der Waals surface area contributed by atoms with Crippen LogP contribution in [0.1, 0.15) is 149 Å². The molecule has 0 aromatic rings. The third-order valence-corrected chi connectivity index (χ3v) is 7.41. The first-order valence-electron chi connectivity index (χ1n) is 12.6. The molecule has 4 nitrogen and oxygen atoms in total. The van der Waals surface area contributed by atoms with Crippen molar-refractivity contribution in [2.24, 2.45) is 0 Å². The first-order chi connectivity index (χ1) is 13.9. The fourth-order valence-electron chi connectivity index (χ4n) is 4.08. The van der Waals surface area contributed by atoms with Gasteiger partial charge in [0.05, 0.1) is 0 Å². The second kappa shape index (κ2) is 18.6. The van der Waals surface area contributed by atoms with Gasteiger partial charge in [0, 0.05) is 0 Å². The minimum atomic E-state index is -4.39. The van der Waals surface area contributed by atoms with Crippen molar-refractivity contribution in [3.8, 4) is 0 Å². The summed E-state index contributed by atoms with van der Waals surface area (Å²) < 4.78 is 32.0. The molecule has 0 bridgehead atoms. The van der Waals surface area contributed by atoms with E-state index in [-0.39, 0.29) is 12.8 Å². The lowest BCUT2D eigenvalue weighted by atomic mass is 10.0. The molecule has 0 aliphatic rings. The zero-order valence-corrected chi connectivity index (χ0v) is 20.3. The zero-order chi connectivity index (χ0) is 21.8. The second-order valence-corrected chi connectivity index (χ2v) is 10.6. The third-order valence-electron chi connectivity index (χ3n) is 6.04. The maximum atomic E-state index is 11.4. The molecular formula is C24H50O4S. The highest BCUT2D eigenvalue weighted by Crippen LogP contribution is 2.26. The molecular weight excluding hydrogens is 384 g/mol. The van der Waals surface area contributed by atoms with Crippen molar-refractivity contribution >= 4 is 10.1 Å². The monoisotopic (exact) mass is 434 g/mol. The lowest BCUT2D eigenvalue weighted by Crippen LogP contribution is -2.38. The van der Waals surface area contributed by atoms with Gasteiger partial charge >= 0.3 is 0 Å². The molecule has 0 aromatic carbocycles. The summed E-state index contributed by atoms with van der Waals surface area (Å²) >= 11 is 0. The summed E-state index contributed by atoms with van der Waals surface area (Å²) in [6.45, 7) is 4.08. The molecule has 0 amide bonds. The van der Waals surface area contributed by atoms with Gasteiger partial charge < -0.3 is 5.11 Å². The van der Waals surface area contributed by atoms with Gasteiger partial charge in [0.15, 0.2) is 4.93 Å². The number of unbranched alkanes of at least 4 members (excludes halogenated alkanes) is 17. The van der Waals surface area contributed by atoms with Crippen LogP contribution in [-0.4, -0.2) is 23.0 Å². The molecule has 1 atom stereocenters. The Morgan fingerprint density at radius 1 is 0.517 bits per heavy atom. The van der Waals surface area contributed by atoms with Crippen LogP contribution in [0.15, 0.2) is 0 Å². The number of rotatable bonds is 22. The summed E-state index contributed by atoms with van der Waals surface area (Å²) in [5, 5.41) is 10.1. The molecule has 176 valence electrons. The van der Waals surface area contributed by atoms with Crippen LogP contribution in [-0.2, 0) is 10.1 Å². The second-order valence-electron chi connectivity index (χ2n) is 8.93. The molecule has 0 fully saturated rings. The van der Waals surface area contributed by atoms with E-state index in [9.17, 15) is 18.1 Å². The van der Waals surface area contributed by atoms with Crippen molar-refractivity contribution in [3.05, 3.63) is 0 Å². The van der Waals surface area contributed by atoms with Gasteiger partial charge in [-0.3, -0.25) is 4.55 Å². The van der Waals surface area contributed by atoms with Gasteiger partial charge in [-0.25, -0.2) is 0 Å². The normalized spacial score (nSPS) is 14.2. The fourth-order valence-corrected chi connectivity index (χ4v) is 4.94. The Labute approximate surface area is 182 Å². The highest BCUT2D eigenvalue weighted by molar-refractivity contribution is 7.87. The van der Waals surface area contributed by atoms with E-state index >= 15 is 0 Å². The minimum absolute atomic E-state index is 0.102. The summed E-state index contributed by atoms with van der Waals surface area (Å²) in [5.41, 5.74) is 0. The van der Waals surface area contributed by atoms with E-state index in [0.29, 0.717) is 12.8 Å². The van der Waals surface area contributed by atoms with Crippen LogP contribution in [0.5, 0.6) is 0 Å². The standard InChI is InChI=1S/C24H50O4S/c1-3-5-6-7-8-9-10-11-12-13-14-15-16-17-18-19-20-21-23-24(25,22-4-2)29(26,27)28/h25H,3-23H2,1-2H3,(H,26,27,28). The van der Waals surface area contributed by atoms with Crippen LogP contribution in [0.3, 0.4) is 0 Å². The Morgan fingerprint density at radius 3 is 1.10 bits per heavy atom. The molecule has 5 heteroatoms. The number of hydrogen-bond acceptors (Lipinski definition) is 3. The van der Waals surface area contributed by atoms with Crippen LogP contribution in [0.25, 0.3) is 0 Å². The van der Waals surface area contributed by atoms with Crippen LogP contribution in [0.2, 0.25) is 0 Å². The van der Waals surface area contributed by atoms with Crippen LogP contribution in [0, 0.1) is 0 Å². The summed E-state index contributed by atoms with van der Waals surface area (Å²) in [7, 11) is -4.39. The molecule has 0 rings (SSSR count). The van der Waals surface area contributed by atoms with Crippen molar-refractivity contribution < 1.29 is 18.1 Å². The topological polar surface area (TPSA) is 74.6 Å². The summed E-state index contributed by atoms with van der Waals surface area (Å²) in [6, 6.07) is 0. The Hall–Kier alpha value is -0.130. The Bertz CT molecular complexity index is 450. The zero-order valence-electron chi connectivity index (χ0n) is 19.5. The minimum Gasteiger partial charge on any atom is -0.372 e. The van der Waals surface area contributed by atoms with E-state index < -0.39 is 15.1 Å². The van der Waals surface area contributed by atoms with Crippen LogP contribution < -0.4 is 0 Å². The lowest BCUT2D eigenvalue weighted by molar-refractivity contribution is 0.0906. The molecule has 29 heavy (non-hydrogen) atoms. The van der Waals surface area contributed by atoms with Crippen molar-refractivity contribution in [2.45, 2.75) is 154 Å². The Balaban J connectivity index is 3.37. The van der Waals surface area contributed by atoms with Crippen LogP contribution >= 0.6 is 0 Å². The molecule has 0 heterocycles. The van der Waals surface area contributed by atoms with Crippen molar-refractivity contribution in [2.75, 3.05) is 0 Å². The van der Waals surface area contributed by atoms with E-state index in [1.54, 1.807) is 0 Å². The maximum Gasteiger partial charge on any atom is 0.294 e. The van der Waals surface area contributed by atoms with Gasteiger partial charge in [0.2, 0.25) is 0 Å². The Kier molecular flexibility index (Phi) is 18.5. The molecule has 0 saturated carbocycles. The molecule has 0 saturated heterocycles. The summed E-state index contributed by atoms with van der Waals surface area (Å²) in [6.07, 6.45) is 23.8. The fraction of sp³-hybridized carbons (Fsp3) is 1.00. The van der Waals surface area contributed by atoms with E-state index in [2.05, 4.69) is 6.92 Å². The van der Waals surface area contributed by atoms with Gasteiger partial charge in [-0.05, 0) is 19.3 Å². The molecule has 0 aliphatic heterocycles. The largest absolute Gasteiger partial charge is 0.372 e. The quantitative estimate of drug-likeness (QED) is 0.135. The summed E-state index contributed by atoms with van der Waals surface area (Å²) in [5.74, 6) is 0. The number of hydrogen-bond donors (Lipinski definition) is 2. The summed E-state index contributed by atoms with van der Waals surface area (Å²) in [4.78, 5) is -1.95. The smallest absolute Gasteiger partial charge is 0.294 e. The number of aliphatic hydroxyl groups is 1. The first kappa shape index (κ1) is 28.9. The highest BCUT2D eigenvalue weighted by atomic mass is 32.2. The molecule has 2 N–H and O–H groups in total. The van der Waals surface area contributed by atoms with E-state index in [1.807, 2.05) is 6.92 Å². The first-order valence-corrected chi connectivity index (χ1v) is 14.0. The SMILES string of the molecule is CCCCCCCCCCCCCCCCCCCCC(O)(CCC)S(=O)(=O)O. The van der Waals surface area contributed by atoms with Gasteiger partial charge in [0.1, 0.15) is 0 Å². The molecule has 1 unspecified atom stereocenters. The Morgan fingerprint density at radius 2 is 0.828 bits per heavy atom. The predicted molar refractivity (Wildman–Crippen MR) is 125 cm³/mol. The molecule has 0 radical (unpaired) electrons. The van der Waals surface area contributed by atoms with E-state index in [0.717, 1.165) is 12.8 Å². The van der Waals surface area contributed by atoms with Gasteiger partial charge in [0.25, 0.3) is 10.1 Å². The molecule has 0 aliphatic carbocycles. The van der Waals surface area contributed by atoms with Crippen LogP contribution in [0.4, 0.5) is 0 Å². The lowest BCUT2D eigenvalue weighted by Gasteiger charge is -2.24. The predicted octanol–water partition coefficient (Wildman–Crippen LogP) is 7.79. The van der Waals surface area contributed by atoms with Crippen molar-refractivity contribution in [1.82, 2.24) is 0 Å². The van der Waals surface area contributed by atoms with Crippen molar-refractivity contribution in [1.29, 1.82) is 0 Å².